The van der Waals surface area contributed by atoms with E-state index in [1.165, 1.54) is 26.1 Å². The van der Waals surface area contributed by atoms with Gasteiger partial charge in [-0.05, 0) is 33.1 Å². The first-order valence-corrected chi connectivity index (χ1v) is 9.86. The lowest BCUT2D eigenvalue weighted by Crippen LogP contribution is -2.81. The van der Waals surface area contributed by atoms with Crippen molar-refractivity contribution >= 4 is 0 Å². The van der Waals surface area contributed by atoms with E-state index in [-0.39, 0.29) is 0 Å². The van der Waals surface area contributed by atoms with Gasteiger partial charge in [0.25, 0.3) is 0 Å². The van der Waals surface area contributed by atoms with E-state index in [0.29, 0.717) is 0 Å². The van der Waals surface area contributed by atoms with E-state index in [4.69, 9.17) is 0 Å². The lowest BCUT2D eigenvalue weighted by atomic mass is 10.3. The third-order valence-electron chi connectivity index (χ3n) is 4.24. The predicted molar refractivity (Wildman–Crippen MR) is 103 cm³/mol. The van der Waals surface area contributed by atoms with Crippen molar-refractivity contribution in [3.05, 3.63) is 0 Å². The van der Waals surface area contributed by atoms with Crippen molar-refractivity contribution in [2.45, 2.75) is 13.3 Å². The Kier molecular flexibility index (Phi) is 18.8. The fraction of sp³-hybridized carbons (Fsp3) is 1.00. The second kappa shape index (κ2) is 19.1. The van der Waals surface area contributed by atoms with E-state index in [9.17, 15) is 0 Å². The molecule has 0 aromatic rings. The van der Waals surface area contributed by atoms with Crippen LogP contribution in [-0.2, 0) is 0 Å². The van der Waals surface area contributed by atoms with Gasteiger partial charge in [-0.3, -0.25) is 9.80 Å². The van der Waals surface area contributed by atoms with Gasteiger partial charge in [-0.2, -0.15) is 0 Å². The fourth-order valence-corrected chi connectivity index (χ4v) is 2.66. The molecule has 0 atom stereocenters. The molecular weight excluding hydrogens is 302 g/mol. The van der Waals surface area contributed by atoms with Crippen LogP contribution in [0.3, 0.4) is 0 Å². The summed E-state index contributed by atoms with van der Waals surface area (Å²) in [5, 5.41) is 12.6. The summed E-state index contributed by atoms with van der Waals surface area (Å²) in [4.78, 5) is 5.00. The summed E-state index contributed by atoms with van der Waals surface area (Å²) in [6, 6.07) is 0. The number of quaternary nitrogens is 2. The average molecular weight is 348 g/mol. The van der Waals surface area contributed by atoms with Crippen LogP contribution in [-0.4, -0.2) is 109 Å². The second-order valence-corrected chi connectivity index (χ2v) is 6.28. The zero-order valence-electron chi connectivity index (χ0n) is 16.6. The zero-order chi connectivity index (χ0) is 17.9. The molecule has 0 aliphatic heterocycles. The van der Waals surface area contributed by atoms with Crippen LogP contribution in [0.2, 0.25) is 0 Å². The summed E-state index contributed by atoms with van der Waals surface area (Å²) >= 11 is 0. The molecular formula is C17H45N7+2. The quantitative estimate of drug-likeness (QED) is 0.159. The van der Waals surface area contributed by atoms with Crippen molar-refractivity contribution in [3.63, 3.8) is 0 Å². The summed E-state index contributed by atoms with van der Waals surface area (Å²) in [6.07, 6.45) is 1.22. The number of nitrogens with one attached hydrogen (secondary N) is 3. The standard InChI is InChI=1S/C17H43N7/c1-4-23(14-6-18)13-5-7-21-8-9-22-12-17-24(15-10-19-2)16-11-20-3/h19-22H,4-18H2,1-3H3/p+2. The SMILES string of the molecule is CCN(CC[NH3+])CCCNCCNCCN(CCNC)CC[NH2+]C. The highest BCUT2D eigenvalue weighted by molar-refractivity contribution is 4.62. The lowest BCUT2D eigenvalue weighted by Gasteiger charge is -2.21. The minimum atomic E-state index is 1.01. The van der Waals surface area contributed by atoms with Gasteiger partial charge in [0.1, 0.15) is 0 Å². The van der Waals surface area contributed by atoms with Crippen LogP contribution in [0, 0.1) is 0 Å². The summed E-state index contributed by atoms with van der Waals surface area (Å²) in [5.74, 6) is 0. The molecule has 0 rings (SSSR count). The number of likely N-dealkylation sites (N-methyl/N-ethyl adjacent to an activating group) is 3. The van der Waals surface area contributed by atoms with Crippen molar-refractivity contribution in [2.24, 2.45) is 0 Å². The zero-order valence-corrected chi connectivity index (χ0v) is 16.6. The van der Waals surface area contributed by atoms with Crippen molar-refractivity contribution in [1.82, 2.24) is 25.8 Å². The number of hydrogen-bond donors (Lipinski definition) is 5. The predicted octanol–water partition coefficient (Wildman–Crippen LogP) is -3.17. The highest BCUT2D eigenvalue weighted by Crippen LogP contribution is 1.88. The van der Waals surface area contributed by atoms with Crippen molar-refractivity contribution in [1.29, 1.82) is 0 Å². The monoisotopic (exact) mass is 347 g/mol. The van der Waals surface area contributed by atoms with E-state index in [1.807, 2.05) is 7.05 Å². The van der Waals surface area contributed by atoms with Crippen LogP contribution in [0.4, 0.5) is 0 Å². The van der Waals surface area contributed by atoms with Gasteiger partial charge in [-0.15, -0.1) is 0 Å². The number of nitrogens with two attached hydrogens (primary N) is 1. The highest BCUT2D eigenvalue weighted by atomic mass is 15.2. The largest absolute Gasteiger partial charge is 0.357 e. The van der Waals surface area contributed by atoms with Gasteiger partial charge >= 0.3 is 0 Å². The normalized spacial score (nSPS) is 11.8. The average Bonchev–Trinajstić information content (AvgIpc) is 2.60. The molecule has 0 heterocycles. The first-order chi connectivity index (χ1) is 11.8. The Morgan fingerprint density at radius 2 is 1.54 bits per heavy atom. The third kappa shape index (κ3) is 15.3. The van der Waals surface area contributed by atoms with E-state index >= 15 is 0 Å². The Labute approximate surface area is 150 Å². The smallest absolute Gasteiger partial charge is 0.0882 e. The van der Waals surface area contributed by atoms with Gasteiger partial charge < -0.3 is 27.0 Å². The molecule has 24 heavy (non-hydrogen) atoms. The maximum absolute atomic E-state index is 3.93. The Morgan fingerprint density at radius 3 is 2.17 bits per heavy atom. The Morgan fingerprint density at radius 1 is 0.833 bits per heavy atom. The molecule has 0 saturated heterocycles. The van der Waals surface area contributed by atoms with E-state index in [0.717, 1.165) is 65.4 Å². The molecule has 0 radical (unpaired) electrons. The first kappa shape index (κ1) is 23.7. The van der Waals surface area contributed by atoms with Crippen LogP contribution in [0.15, 0.2) is 0 Å². The van der Waals surface area contributed by atoms with Gasteiger partial charge in [-0.1, -0.05) is 6.92 Å². The van der Waals surface area contributed by atoms with Crippen LogP contribution >= 0.6 is 0 Å². The van der Waals surface area contributed by atoms with Gasteiger partial charge in [0.15, 0.2) is 0 Å². The summed E-state index contributed by atoms with van der Waals surface area (Å²) in [7, 11) is 4.16. The lowest BCUT2D eigenvalue weighted by molar-refractivity contribution is -0.626. The van der Waals surface area contributed by atoms with Gasteiger partial charge in [0.05, 0.1) is 20.1 Å². The number of nitrogens with zero attached hydrogens (tertiary/aromatic N) is 2. The van der Waals surface area contributed by atoms with Crippen LogP contribution in [0.1, 0.15) is 13.3 Å². The van der Waals surface area contributed by atoms with Crippen molar-refractivity contribution < 1.29 is 11.1 Å². The Bertz CT molecular complexity index is 233. The topological polar surface area (TPSA) is 86.8 Å². The molecule has 0 saturated carbocycles. The van der Waals surface area contributed by atoms with E-state index in [2.05, 4.69) is 50.8 Å². The Balaban J connectivity index is 3.46. The highest BCUT2D eigenvalue weighted by Gasteiger charge is 2.04. The number of rotatable bonds is 19. The van der Waals surface area contributed by atoms with Gasteiger partial charge in [0.2, 0.25) is 0 Å². The maximum atomic E-state index is 3.93. The summed E-state index contributed by atoms with van der Waals surface area (Å²) in [5.41, 5.74) is 3.93. The molecule has 0 fully saturated rings. The van der Waals surface area contributed by atoms with Crippen LogP contribution < -0.4 is 27.0 Å². The maximum Gasteiger partial charge on any atom is 0.0882 e. The Hall–Kier alpha value is -0.280. The third-order valence-corrected chi connectivity index (χ3v) is 4.24. The molecule has 7 heteroatoms. The van der Waals surface area contributed by atoms with Crippen LogP contribution in [0.5, 0.6) is 0 Å². The summed E-state index contributed by atoms with van der Waals surface area (Å²) < 4.78 is 0. The fourth-order valence-electron chi connectivity index (χ4n) is 2.66. The molecule has 0 bridgehead atoms. The van der Waals surface area contributed by atoms with E-state index in [1.54, 1.807) is 0 Å². The molecule has 0 amide bonds. The molecule has 8 N–H and O–H groups in total. The minimum absolute atomic E-state index is 1.01. The molecule has 0 aliphatic rings. The molecule has 0 aliphatic carbocycles. The molecule has 146 valence electrons. The molecule has 0 aromatic heterocycles. The molecule has 0 aromatic carbocycles. The van der Waals surface area contributed by atoms with Crippen LogP contribution in [0.25, 0.3) is 0 Å². The van der Waals surface area contributed by atoms with Gasteiger partial charge in [0, 0.05) is 52.4 Å². The first-order valence-electron chi connectivity index (χ1n) is 9.86. The molecule has 7 nitrogen and oxygen atoms in total. The minimum Gasteiger partial charge on any atom is -0.357 e. The molecule has 0 spiro atoms. The van der Waals surface area contributed by atoms with E-state index < -0.39 is 0 Å². The summed E-state index contributed by atoms with van der Waals surface area (Å²) in [6.45, 7) is 16.6. The van der Waals surface area contributed by atoms with Gasteiger partial charge in [-0.25, -0.2) is 0 Å². The molecule has 0 unspecified atom stereocenters. The van der Waals surface area contributed by atoms with Crippen molar-refractivity contribution in [3.8, 4) is 0 Å². The number of hydrogen-bond acceptors (Lipinski definition) is 5. The van der Waals surface area contributed by atoms with Crippen molar-refractivity contribution in [2.75, 3.05) is 99.2 Å². The second-order valence-electron chi connectivity index (χ2n) is 6.28.